The van der Waals surface area contributed by atoms with Crippen LogP contribution >= 0.6 is 23.2 Å². The number of halogens is 7. The number of alkyl halides is 3. The van der Waals surface area contributed by atoms with E-state index in [1.54, 1.807) is 0 Å². The number of nitriles is 1. The molecule has 2 unspecified atom stereocenters. The van der Waals surface area contributed by atoms with Crippen LogP contribution in [0.5, 0.6) is 0 Å². The number of nitrogens with one attached hydrogen (secondary N) is 1. The lowest BCUT2D eigenvalue weighted by molar-refractivity contribution is -0.192. The molecule has 0 bridgehead atoms. The van der Waals surface area contributed by atoms with Crippen LogP contribution < -0.4 is 5.32 Å². The Balaban J connectivity index is 0.000000616. The summed E-state index contributed by atoms with van der Waals surface area (Å²) >= 11 is 12.0. The number of benzene rings is 2. The van der Waals surface area contributed by atoms with Crippen LogP contribution in [0.1, 0.15) is 36.3 Å². The Morgan fingerprint density at radius 2 is 1.81 bits per heavy atom. The lowest BCUT2D eigenvalue weighted by Crippen LogP contribution is -2.51. The first-order valence-corrected chi connectivity index (χ1v) is 13.3. The van der Waals surface area contributed by atoms with Crippen LogP contribution in [0.2, 0.25) is 10.0 Å². The molecule has 6 atom stereocenters. The highest BCUT2D eigenvalue weighted by molar-refractivity contribution is 6.31. The van der Waals surface area contributed by atoms with E-state index in [-0.39, 0.29) is 33.7 Å². The van der Waals surface area contributed by atoms with E-state index >= 15 is 8.78 Å². The minimum Gasteiger partial charge on any atom is -0.480 e. The van der Waals surface area contributed by atoms with Gasteiger partial charge in [-0.25, -0.2) is 13.6 Å². The van der Waals surface area contributed by atoms with Gasteiger partial charge in [-0.3, -0.25) is 10.1 Å². The monoisotopic (exact) mass is 634 g/mol. The van der Waals surface area contributed by atoms with Gasteiger partial charge in [0.15, 0.2) is 0 Å². The van der Waals surface area contributed by atoms with Crippen molar-refractivity contribution in [2.45, 2.75) is 48.9 Å². The van der Waals surface area contributed by atoms with Crippen molar-refractivity contribution in [2.24, 2.45) is 11.8 Å². The number of aliphatic hydroxyl groups is 1. The highest BCUT2D eigenvalue weighted by Gasteiger charge is 2.63. The van der Waals surface area contributed by atoms with E-state index in [1.165, 1.54) is 30.3 Å². The summed E-state index contributed by atoms with van der Waals surface area (Å²) in [4.78, 5) is 21.4. The lowest BCUT2D eigenvalue weighted by Gasteiger charge is -2.41. The van der Waals surface area contributed by atoms with Crippen LogP contribution in [0.3, 0.4) is 0 Å². The number of aliphatic carboxylic acids is 2. The predicted molar refractivity (Wildman–Crippen MR) is 142 cm³/mol. The van der Waals surface area contributed by atoms with Gasteiger partial charge in [-0.2, -0.15) is 18.4 Å². The highest BCUT2D eigenvalue weighted by atomic mass is 35.5. The maximum Gasteiger partial charge on any atom is 0.490 e. The molecule has 14 heteroatoms. The van der Waals surface area contributed by atoms with Crippen molar-refractivity contribution in [1.29, 1.82) is 5.26 Å². The molecule has 42 heavy (non-hydrogen) atoms. The van der Waals surface area contributed by atoms with Crippen molar-refractivity contribution in [3.05, 3.63) is 81.4 Å². The third-order valence-electron chi connectivity index (χ3n) is 7.61. The Kier molecular flexibility index (Phi) is 10.6. The standard InChI is InChI=1S/C26H24Cl2F2N2O3.C2HF3O2/c27-15-9-10-18(20(29)11-15)26(13-31)21(16-7-4-8-19(28)22(16)30)23(25(34)35)32-24(26)17(12-33)14-5-2-1-3-6-14;3-2(4,5)1(6)7/h1-2,4,7-11,14,17,21,23-24,32-33H,3,5-6,12H2,(H,34,35);(H,6,7)/t14?,17?,21-,23+,24-,26+;/m0./s1. The van der Waals surface area contributed by atoms with Crippen LogP contribution in [0.25, 0.3) is 0 Å². The molecule has 0 spiro atoms. The van der Waals surface area contributed by atoms with Gasteiger partial charge in [-0.05, 0) is 48.9 Å². The number of hydrogen-bond acceptors (Lipinski definition) is 5. The molecule has 0 amide bonds. The molecule has 1 fully saturated rings. The van der Waals surface area contributed by atoms with Gasteiger partial charge in [0.05, 0.1) is 11.1 Å². The van der Waals surface area contributed by atoms with E-state index in [0.717, 1.165) is 12.5 Å². The molecule has 1 aliphatic heterocycles. The van der Waals surface area contributed by atoms with Crippen LogP contribution in [0, 0.1) is 34.8 Å². The zero-order valence-electron chi connectivity index (χ0n) is 21.6. The second-order valence-corrected chi connectivity index (χ2v) is 10.7. The first kappa shape index (κ1) is 33.3. The Labute approximate surface area is 247 Å². The molecular weight excluding hydrogens is 610 g/mol. The number of carboxylic acids is 2. The van der Waals surface area contributed by atoms with Crippen molar-refractivity contribution in [3.8, 4) is 6.07 Å². The summed E-state index contributed by atoms with van der Waals surface area (Å²) in [5.41, 5.74) is -2.12. The number of hydrogen-bond donors (Lipinski definition) is 4. The van der Waals surface area contributed by atoms with Gasteiger partial charge in [-0.1, -0.05) is 53.6 Å². The van der Waals surface area contributed by atoms with Gasteiger partial charge in [-0.15, -0.1) is 0 Å². The molecule has 2 aromatic carbocycles. The van der Waals surface area contributed by atoms with E-state index in [2.05, 4.69) is 11.4 Å². The zero-order chi connectivity index (χ0) is 31.4. The Morgan fingerprint density at radius 1 is 1.14 bits per heavy atom. The van der Waals surface area contributed by atoms with Crippen LogP contribution in [-0.2, 0) is 15.0 Å². The molecule has 4 N–H and O–H groups in total. The van der Waals surface area contributed by atoms with E-state index in [4.69, 9.17) is 33.1 Å². The summed E-state index contributed by atoms with van der Waals surface area (Å²) in [6, 6.07) is 7.67. The number of carbonyl (C=O) groups is 2. The molecule has 7 nitrogen and oxygen atoms in total. The van der Waals surface area contributed by atoms with Crippen molar-refractivity contribution >= 4 is 35.1 Å². The van der Waals surface area contributed by atoms with Gasteiger partial charge in [0, 0.05) is 35.1 Å². The average molecular weight is 635 g/mol. The fraction of sp³-hybridized carbons (Fsp3) is 0.393. The molecule has 1 aliphatic carbocycles. The quantitative estimate of drug-likeness (QED) is 0.232. The third kappa shape index (κ3) is 6.54. The van der Waals surface area contributed by atoms with Crippen molar-refractivity contribution in [1.82, 2.24) is 5.32 Å². The second kappa shape index (κ2) is 13.4. The summed E-state index contributed by atoms with van der Waals surface area (Å²) < 4.78 is 62.6. The van der Waals surface area contributed by atoms with E-state index in [0.29, 0.717) is 12.8 Å². The summed E-state index contributed by atoms with van der Waals surface area (Å²) in [6.45, 7) is -0.369. The minimum atomic E-state index is -5.08. The van der Waals surface area contributed by atoms with Crippen LogP contribution in [0.4, 0.5) is 22.0 Å². The molecule has 0 radical (unpaired) electrons. The summed E-state index contributed by atoms with van der Waals surface area (Å²) in [7, 11) is 0. The fourth-order valence-electron chi connectivity index (χ4n) is 5.83. The molecule has 2 aliphatic rings. The minimum absolute atomic E-state index is 0.0945. The third-order valence-corrected chi connectivity index (χ3v) is 8.14. The maximum atomic E-state index is 15.5. The molecular formula is C28H25Cl2F5N2O5. The van der Waals surface area contributed by atoms with E-state index in [9.17, 15) is 33.4 Å². The number of allylic oxidation sites excluding steroid dienone is 2. The summed E-state index contributed by atoms with van der Waals surface area (Å²) in [5.74, 6) is -7.82. The normalized spacial score (nSPS) is 26.1. The van der Waals surface area contributed by atoms with Gasteiger partial charge >= 0.3 is 18.1 Å². The van der Waals surface area contributed by atoms with Gasteiger partial charge in [0.25, 0.3) is 0 Å². The molecule has 0 saturated carbocycles. The van der Waals surface area contributed by atoms with Gasteiger partial charge in [0.1, 0.15) is 23.1 Å². The first-order chi connectivity index (χ1) is 19.7. The maximum absolute atomic E-state index is 15.5. The van der Waals surface area contributed by atoms with E-state index < -0.39 is 59.1 Å². The fourth-order valence-corrected chi connectivity index (χ4v) is 6.17. The van der Waals surface area contributed by atoms with Crippen molar-refractivity contribution in [3.63, 3.8) is 0 Å². The Bertz CT molecular complexity index is 1400. The molecule has 1 saturated heterocycles. The molecule has 2 aromatic rings. The number of nitrogens with zero attached hydrogens (tertiary/aromatic N) is 1. The van der Waals surface area contributed by atoms with Crippen molar-refractivity contribution in [2.75, 3.05) is 6.61 Å². The predicted octanol–water partition coefficient (Wildman–Crippen LogP) is 5.84. The smallest absolute Gasteiger partial charge is 0.480 e. The second-order valence-electron chi connectivity index (χ2n) is 9.88. The number of carboxylic acid groups (broad SMARTS) is 2. The average Bonchev–Trinajstić information content (AvgIpc) is 3.27. The molecule has 4 rings (SSSR count). The topological polar surface area (TPSA) is 131 Å². The molecule has 0 aromatic heterocycles. The van der Waals surface area contributed by atoms with Crippen LogP contribution in [0.15, 0.2) is 48.6 Å². The molecule has 226 valence electrons. The largest absolute Gasteiger partial charge is 0.490 e. The van der Waals surface area contributed by atoms with E-state index in [1.807, 2.05) is 12.2 Å². The highest BCUT2D eigenvalue weighted by Crippen LogP contribution is 2.53. The van der Waals surface area contributed by atoms with Gasteiger partial charge in [0.2, 0.25) is 0 Å². The Hall–Kier alpha value is -3.24. The number of rotatable bonds is 6. The Morgan fingerprint density at radius 3 is 2.31 bits per heavy atom. The molecule has 1 heterocycles. The SMILES string of the molecule is N#C[C@]1(c2ccc(Cl)cc2F)[C@H](C(CO)C2CC=CCC2)N[C@@H](C(=O)O)[C@@H]1c1cccc(Cl)c1F.O=C(O)C(F)(F)F. The first-order valence-electron chi connectivity index (χ1n) is 12.6. The summed E-state index contributed by atoms with van der Waals surface area (Å²) in [6.07, 6.45) is 0.997. The van der Waals surface area contributed by atoms with Crippen molar-refractivity contribution < 1.29 is 46.9 Å². The lowest BCUT2D eigenvalue weighted by atomic mass is 9.60. The zero-order valence-corrected chi connectivity index (χ0v) is 23.1. The van der Waals surface area contributed by atoms with Crippen LogP contribution in [-0.4, -0.2) is 52.1 Å². The van der Waals surface area contributed by atoms with Gasteiger partial charge < -0.3 is 15.3 Å². The summed E-state index contributed by atoms with van der Waals surface area (Å²) in [5, 5.41) is 41.4. The number of aliphatic hydroxyl groups excluding tert-OH is 1.